The first-order chi connectivity index (χ1) is 7.45. The summed E-state index contributed by atoms with van der Waals surface area (Å²) in [6, 6.07) is 2.20. The smallest absolute Gasteiger partial charge is 0.326 e. The van der Waals surface area contributed by atoms with Crippen molar-refractivity contribution in [2.24, 2.45) is 5.73 Å². The summed E-state index contributed by atoms with van der Waals surface area (Å²) >= 11 is 0.738. The summed E-state index contributed by atoms with van der Waals surface area (Å²) in [6.07, 6.45) is -1.06. The average Bonchev–Trinajstić information content (AvgIpc) is 2.25. The molecule has 0 aliphatic carbocycles. The number of hydrogen-bond acceptors (Lipinski definition) is 3. The van der Waals surface area contributed by atoms with E-state index in [1.807, 2.05) is 0 Å². The molecule has 0 amide bonds. The largest absolute Gasteiger partial charge is 0.402 e. The van der Waals surface area contributed by atoms with E-state index in [-0.39, 0.29) is 0 Å². The first kappa shape index (κ1) is 13.3. The molecule has 0 saturated carbocycles. The van der Waals surface area contributed by atoms with Crippen LogP contribution in [-0.2, 0) is 0 Å². The van der Waals surface area contributed by atoms with Crippen LogP contribution >= 0.6 is 11.8 Å². The monoisotopic (exact) mass is 250 g/mol. The van der Waals surface area contributed by atoms with Crippen molar-refractivity contribution in [3.63, 3.8) is 0 Å². The van der Waals surface area contributed by atoms with Gasteiger partial charge >= 0.3 is 6.18 Å². The predicted molar refractivity (Wildman–Crippen MR) is 58.2 cm³/mol. The number of thioether (sulfide) groups is 1. The van der Waals surface area contributed by atoms with Crippen LogP contribution in [0.25, 0.3) is 0 Å². The summed E-state index contributed by atoms with van der Waals surface area (Å²) in [5, 5.41) is -1.57. The lowest BCUT2D eigenvalue weighted by molar-refractivity contribution is -0.132. The summed E-state index contributed by atoms with van der Waals surface area (Å²) in [5.41, 5.74) is 5.49. The van der Waals surface area contributed by atoms with Crippen LogP contribution < -0.4 is 5.73 Å². The number of hydrogen-bond donors (Lipinski definition) is 1. The number of nitrogens with two attached hydrogens (primary N) is 1. The Morgan fingerprint density at radius 3 is 2.38 bits per heavy atom. The molecule has 2 atom stereocenters. The molecule has 2 unspecified atom stereocenters. The molecular weight excluding hydrogens is 237 g/mol. The third-order valence-electron chi connectivity index (χ3n) is 2.10. The molecule has 16 heavy (non-hydrogen) atoms. The van der Waals surface area contributed by atoms with Gasteiger partial charge in [0.2, 0.25) is 0 Å². The fourth-order valence-corrected chi connectivity index (χ4v) is 2.25. The second-order valence-corrected chi connectivity index (χ2v) is 4.55. The molecule has 1 aromatic rings. The molecule has 0 radical (unpaired) electrons. The van der Waals surface area contributed by atoms with Crippen LogP contribution in [0.4, 0.5) is 13.2 Å². The van der Waals surface area contributed by atoms with E-state index in [1.54, 1.807) is 19.1 Å². The van der Waals surface area contributed by atoms with Crippen LogP contribution in [0.2, 0.25) is 0 Å². The van der Waals surface area contributed by atoms with Crippen molar-refractivity contribution in [2.45, 2.75) is 35.7 Å². The molecule has 0 aliphatic heterocycles. The Hall–Kier alpha value is -0.750. The number of rotatable bonds is 4. The standard InChI is InChI=1S/C10H13F3N2S/c1-2-8(14)9(10(11,12)13)16-7-3-5-15-6-4-7/h3-6,8-9H,2,14H2,1H3. The number of pyridine rings is 1. The van der Waals surface area contributed by atoms with Gasteiger partial charge in [-0.15, -0.1) is 11.8 Å². The van der Waals surface area contributed by atoms with Crippen molar-refractivity contribution in [2.75, 3.05) is 0 Å². The third kappa shape index (κ3) is 3.68. The van der Waals surface area contributed by atoms with Crippen LogP contribution in [0.1, 0.15) is 13.3 Å². The summed E-state index contributed by atoms with van der Waals surface area (Å²) in [7, 11) is 0. The quantitative estimate of drug-likeness (QED) is 0.835. The predicted octanol–water partition coefficient (Wildman–Crippen LogP) is 2.84. The van der Waals surface area contributed by atoms with Crippen molar-refractivity contribution in [3.05, 3.63) is 24.5 Å². The van der Waals surface area contributed by atoms with Gasteiger partial charge in [0.05, 0.1) is 0 Å². The highest BCUT2D eigenvalue weighted by Crippen LogP contribution is 2.37. The molecule has 0 aliphatic rings. The van der Waals surface area contributed by atoms with E-state index < -0.39 is 17.5 Å². The van der Waals surface area contributed by atoms with E-state index in [4.69, 9.17) is 5.73 Å². The number of nitrogens with zero attached hydrogens (tertiary/aromatic N) is 1. The maximum atomic E-state index is 12.7. The van der Waals surface area contributed by atoms with E-state index >= 15 is 0 Å². The lowest BCUT2D eigenvalue weighted by Crippen LogP contribution is -2.42. The zero-order valence-corrected chi connectivity index (χ0v) is 9.55. The molecule has 2 nitrogen and oxygen atoms in total. The van der Waals surface area contributed by atoms with Crippen molar-refractivity contribution in [1.29, 1.82) is 0 Å². The Kier molecular flexibility index (Phi) is 4.61. The van der Waals surface area contributed by atoms with Crippen molar-refractivity contribution < 1.29 is 13.2 Å². The first-order valence-electron chi connectivity index (χ1n) is 4.84. The fraction of sp³-hybridized carbons (Fsp3) is 0.500. The van der Waals surface area contributed by atoms with Gasteiger partial charge in [-0.3, -0.25) is 4.98 Å². The first-order valence-corrected chi connectivity index (χ1v) is 5.72. The molecular formula is C10H13F3N2S. The second-order valence-electron chi connectivity index (χ2n) is 3.34. The molecule has 6 heteroatoms. The Balaban J connectivity index is 2.80. The summed E-state index contributed by atoms with van der Waals surface area (Å²) in [4.78, 5) is 4.28. The maximum Gasteiger partial charge on any atom is 0.402 e. The topological polar surface area (TPSA) is 38.9 Å². The van der Waals surface area contributed by atoms with E-state index in [1.165, 1.54) is 12.4 Å². The Labute approximate surface area is 96.4 Å². The number of alkyl halides is 3. The Bertz CT molecular complexity index is 316. The zero-order chi connectivity index (χ0) is 12.2. The normalized spacial score (nSPS) is 15.8. The minimum absolute atomic E-state index is 0.294. The van der Waals surface area contributed by atoms with Gasteiger partial charge in [0, 0.05) is 23.3 Å². The molecule has 1 aromatic heterocycles. The van der Waals surface area contributed by atoms with Crippen LogP contribution in [0.15, 0.2) is 29.4 Å². The third-order valence-corrected chi connectivity index (χ3v) is 3.51. The Morgan fingerprint density at radius 2 is 1.94 bits per heavy atom. The van der Waals surface area contributed by atoms with Crippen LogP contribution in [-0.4, -0.2) is 22.5 Å². The molecule has 0 fully saturated rings. The summed E-state index contributed by atoms with van der Waals surface area (Å²) in [6.45, 7) is 1.65. The van der Waals surface area contributed by atoms with Crippen LogP contribution in [0.3, 0.4) is 0 Å². The molecule has 0 saturated heterocycles. The highest BCUT2D eigenvalue weighted by atomic mass is 32.2. The van der Waals surface area contributed by atoms with Gasteiger partial charge in [-0.2, -0.15) is 13.2 Å². The molecule has 1 rings (SSSR count). The lowest BCUT2D eigenvalue weighted by atomic mass is 10.1. The second kappa shape index (κ2) is 5.54. The van der Waals surface area contributed by atoms with Crippen LogP contribution in [0, 0.1) is 0 Å². The van der Waals surface area contributed by atoms with E-state index in [2.05, 4.69) is 4.98 Å². The Morgan fingerprint density at radius 1 is 1.38 bits per heavy atom. The molecule has 1 heterocycles. The van der Waals surface area contributed by atoms with Gasteiger partial charge in [-0.05, 0) is 18.6 Å². The number of aromatic nitrogens is 1. The van der Waals surface area contributed by atoms with Gasteiger partial charge in [-0.1, -0.05) is 6.92 Å². The van der Waals surface area contributed by atoms with Crippen molar-refractivity contribution in [3.8, 4) is 0 Å². The SMILES string of the molecule is CCC(N)C(Sc1ccncc1)C(F)(F)F. The van der Waals surface area contributed by atoms with Gasteiger partial charge in [0.1, 0.15) is 5.25 Å². The van der Waals surface area contributed by atoms with Gasteiger partial charge in [0.25, 0.3) is 0 Å². The minimum atomic E-state index is -4.29. The van der Waals surface area contributed by atoms with Crippen LogP contribution in [0.5, 0.6) is 0 Å². The summed E-state index contributed by atoms with van der Waals surface area (Å²) in [5.74, 6) is 0. The van der Waals surface area contributed by atoms with Crippen molar-refractivity contribution >= 4 is 11.8 Å². The fourth-order valence-electron chi connectivity index (χ4n) is 1.17. The molecule has 0 aromatic carbocycles. The maximum absolute atomic E-state index is 12.7. The number of halogens is 3. The van der Waals surface area contributed by atoms with Gasteiger partial charge in [0.15, 0.2) is 0 Å². The van der Waals surface area contributed by atoms with Gasteiger partial charge in [-0.25, -0.2) is 0 Å². The highest BCUT2D eigenvalue weighted by molar-refractivity contribution is 8.00. The molecule has 2 N–H and O–H groups in total. The lowest BCUT2D eigenvalue weighted by Gasteiger charge is -2.24. The minimum Gasteiger partial charge on any atom is -0.326 e. The molecule has 90 valence electrons. The van der Waals surface area contributed by atoms with E-state index in [9.17, 15) is 13.2 Å². The molecule has 0 spiro atoms. The molecule has 0 bridgehead atoms. The van der Waals surface area contributed by atoms with Gasteiger partial charge < -0.3 is 5.73 Å². The van der Waals surface area contributed by atoms with E-state index in [0.29, 0.717) is 11.3 Å². The van der Waals surface area contributed by atoms with Crippen molar-refractivity contribution in [1.82, 2.24) is 4.98 Å². The zero-order valence-electron chi connectivity index (χ0n) is 8.74. The van der Waals surface area contributed by atoms with E-state index in [0.717, 1.165) is 11.8 Å². The average molecular weight is 250 g/mol. The summed E-state index contributed by atoms with van der Waals surface area (Å²) < 4.78 is 38.2. The highest BCUT2D eigenvalue weighted by Gasteiger charge is 2.43.